The molecule has 1 aliphatic rings. The van der Waals surface area contributed by atoms with E-state index in [-0.39, 0.29) is 10.9 Å². The van der Waals surface area contributed by atoms with Crippen molar-refractivity contribution in [2.24, 2.45) is 0 Å². The fourth-order valence-electron chi connectivity index (χ4n) is 3.69. The van der Waals surface area contributed by atoms with Crippen LogP contribution >= 0.6 is 0 Å². The average Bonchev–Trinajstić information content (AvgIpc) is 3.62. The zero-order valence-electron chi connectivity index (χ0n) is 18.6. The van der Waals surface area contributed by atoms with Crippen molar-refractivity contribution in [1.29, 1.82) is 5.26 Å². The van der Waals surface area contributed by atoms with Gasteiger partial charge in [-0.1, -0.05) is 18.2 Å². The largest absolute Gasteiger partial charge is 0.352 e. The fourth-order valence-corrected chi connectivity index (χ4v) is 5.30. The van der Waals surface area contributed by atoms with Crippen LogP contribution in [0.25, 0.3) is 11.2 Å². The predicted molar refractivity (Wildman–Crippen MR) is 131 cm³/mol. The lowest BCUT2D eigenvalue weighted by atomic mass is 10.2. The Labute approximate surface area is 196 Å². The molecule has 34 heavy (non-hydrogen) atoms. The molecular formula is C23H22N8O2S. The van der Waals surface area contributed by atoms with Crippen molar-refractivity contribution >= 4 is 49.9 Å². The number of nitriles is 1. The van der Waals surface area contributed by atoms with E-state index in [1.54, 1.807) is 43.4 Å². The number of anilines is 5. The van der Waals surface area contributed by atoms with Crippen LogP contribution in [0.5, 0.6) is 0 Å². The minimum Gasteiger partial charge on any atom is -0.352 e. The standard InChI is InChI=1S/C23H22N8O2S/c1-14-25-22-18(12-21(30-23(22)26-14)29-20-9-5-6-15(13-24)27-20)28-17-7-3-4-8-19(17)31(2)34(32,33)16-10-11-16/h3-9,12,16H,10-11H2,1-2H3,(H3,25,26,27,28,29,30). The number of nitrogens with one attached hydrogen (secondary N) is 3. The van der Waals surface area contributed by atoms with Gasteiger partial charge in [-0.15, -0.1) is 0 Å². The third kappa shape index (κ3) is 4.11. The number of aryl methyl sites for hydroxylation is 1. The second kappa shape index (κ2) is 8.31. The van der Waals surface area contributed by atoms with Crippen molar-refractivity contribution in [3.8, 4) is 6.07 Å². The molecule has 10 nitrogen and oxygen atoms in total. The molecule has 1 aliphatic carbocycles. The number of benzene rings is 1. The number of sulfonamides is 1. The van der Waals surface area contributed by atoms with Crippen LogP contribution in [0.1, 0.15) is 24.4 Å². The van der Waals surface area contributed by atoms with Crippen molar-refractivity contribution in [1.82, 2.24) is 19.9 Å². The lowest BCUT2D eigenvalue weighted by molar-refractivity contribution is 0.593. The first-order valence-corrected chi connectivity index (χ1v) is 12.2. The summed E-state index contributed by atoms with van der Waals surface area (Å²) in [4.78, 5) is 16.5. The van der Waals surface area contributed by atoms with Gasteiger partial charge in [0.15, 0.2) is 5.65 Å². The zero-order valence-corrected chi connectivity index (χ0v) is 19.4. The molecule has 0 saturated heterocycles. The lowest BCUT2D eigenvalue weighted by Crippen LogP contribution is -2.30. The number of aromatic nitrogens is 4. The van der Waals surface area contributed by atoms with Gasteiger partial charge in [-0.3, -0.25) is 4.31 Å². The quantitative estimate of drug-likeness (QED) is 0.366. The number of nitrogens with zero attached hydrogens (tertiary/aromatic N) is 5. The molecule has 5 rings (SSSR count). The van der Waals surface area contributed by atoms with E-state index in [0.29, 0.717) is 58.5 Å². The highest BCUT2D eigenvalue weighted by molar-refractivity contribution is 7.93. The molecule has 3 aromatic heterocycles. The Morgan fingerprint density at radius 2 is 1.82 bits per heavy atom. The molecule has 0 bridgehead atoms. The van der Waals surface area contributed by atoms with Gasteiger partial charge < -0.3 is 15.6 Å². The van der Waals surface area contributed by atoms with Crippen LogP contribution in [0.4, 0.5) is 28.7 Å². The Hall–Kier alpha value is -4.17. The van der Waals surface area contributed by atoms with Gasteiger partial charge >= 0.3 is 0 Å². The monoisotopic (exact) mass is 474 g/mol. The highest BCUT2D eigenvalue weighted by Gasteiger charge is 2.39. The highest BCUT2D eigenvalue weighted by atomic mass is 32.2. The Bertz CT molecular complexity index is 1540. The molecular weight excluding hydrogens is 452 g/mol. The molecule has 0 amide bonds. The molecule has 172 valence electrons. The first kappa shape index (κ1) is 21.7. The molecule has 0 aliphatic heterocycles. The van der Waals surface area contributed by atoms with E-state index in [4.69, 9.17) is 5.26 Å². The smallest absolute Gasteiger partial charge is 0.237 e. The number of rotatable bonds is 7. The summed E-state index contributed by atoms with van der Waals surface area (Å²) in [5.74, 6) is 1.65. The number of H-pyrrole nitrogens is 1. The van der Waals surface area contributed by atoms with Crippen LogP contribution in [-0.4, -0.2) is 40.7 Å². The zero-order chi connectivity index (χ0) is 23.9. The van der Waals surface area contributed by atoms with Gasteiger partial charge in [0, 0.05) is 13.1 Å². The first-order valence-electron chi connectivity index (χ1n) is 10.7. The number of pyridine rings is 2. The van der Waals surface area contributed by atoms with Gasteiger partial charge in [0.05, 0.1) is 22.3 Å². The summed E-state index contributed by atoms with van der Waals surface area (Å²) in [6.45, 7) is 1.83. The molecule has 3 N–H and O–H groups in total. The van der Waals surface area contributed by atoms with Crippen molar-refractivity contribution in [2.75, 3.05) is 22.0 Å². The topological polar surface area (TPSA) is 140 Å². The van der Waals surface area contributed by atoms with E-state index >= 15 is 0 Å². The molecule has 3 heterocycles. The van der Waals surface area contributed by atoms with Gasteiger partial charge in [0.1, 0.15) is 34.7 Å². The number of fused-ring (bicyclic) bond motifs is 1. The molecule has 11 heteroatoms. The Kier molecular flexibility index (Phi) is 5.30. The summed E-state index contributed by atoms with van der Waals surface area (Å²) < 4.78 is 27.1. The van der Waals surface area contributed by atoms with Crippen molar-refractivity contribution in [2.45, 2.75) is 25.0 Å². The van der Waals surface area contributed by atoms with Crippen molar-refractivity contribution < 1.29 is 8.42 Å². The van der Waals surface area contributed by atoms with E-state index in [2.05, 4.69) is 30.6 Å². The Morgan fingerprint density at radius 3 is 2.59 bits per heavy atom. The van der Waals surface area contributed by atoms with E-state index in [1.807, 2.05) is 25.1 Å². The van der Waals surface area contributed by atoms with Gasteiger partial charge in [-0.05, 0) is 44.0 Å². The van der Waals surface area contributed by atoms with E-state index < -0.39 is 10.0 Å². The average molecular weight is 475 g/mol. The Morgan fingerprint density at radius 1 is 1.03 bits per heavy atom. The van der Waals surface area contributed by atoms with E-state index in [0.717, 1.165) is 0 Å². The van der Waals surface area contributed by atoms with Crippen LogP contribution < -0.4 is 14.9 Å². The number of para-hydroxylation sites is 2. The summed E-state index contributed by atoms with van der Waals surface area (Å²) in [5, 5.41) is 15.3. The maximum Gasteiger partial charge on any atom is 0.237 e. The number of hydrogen-bond acceptors (Lipinski definition) is 8. The molecule has 1 fully saturated rings. The second-order valence-electron chi connectivity index (χ2n) is 8.07. The molecule has 0 atom stereocenters. The highest BCUT2D eigenvalue weighted by Crippen LogP contribution is 2.37. The second-order valence-corrected chi connectivity index (χ2v) is 10.3. The van der Waals surface area contributed by atoms with Crippen molar-refractivity contribution in [3.63, 3.8) is 0 Å². The minimum absolute atomic E-state index is 0.288. The van der Waals surface area contributed by atoms with Gasteiger partial charge in [0.25, 0.3) is 0 Å². The normalized spacial score (nSPS) is 13.4. The first-order chi connectivity index (χ1) is 16.3. The summed E-state index contributed by atoms with van der Waals surface area (Å²) in [6, 6.07) is 16.1. The minimum atomic E-state index is -3.42. The van der Waals surface area contributed by atoms with Crippen LogP contribution in [0.2, 0.25) is 0 Å². The third-order valence-corrected chi connectivity index (χ3v) is 7.81. The summed E-state index contributed by atoms with van der Waals surface area (Å²) in [7, 11) is -1.84. The summed E-state index contributed by atoms with van der Waals surface area (Å²) in [6.07, 6.45) is 1.38. The SMILES string of the molecule is Cc1nc2c(Nc3ccccc3N(C)S(=O)(=O)C3CC3)cc(Nc3cccc(C#N)n3)nc2[nH]1. The number of aromatic amines is 1. The van der Waals surface area contributed by atoms with Gasteiger partial charge in [-0.25, -0.2) is 23.4 Å². The lowest BCUT2D eigenvalue weighted by Gasteiger charge is -2.23. The summed E-state index contributed by atoms with van der Waals surface area (Å²) >= 11 is 0. The maximum atomic E-state index is 12.9. The summed E-state index contributed by atoms with van der Waals surface area (Å²) in [5.41, 5.74) is 3.26. The van der Waals surface area contributed by atoms with Crippen LogP contribution in [0.15, 0.2) is 48.5 Å². The predicted octanol–water partition coefficient (Wildman–Crippen LogP) is 3.95. The third-order valence-electron chi connectivity index (χ3n) is 5.53. The van der Waals surface area contributed by atoms with Crippen LogP contribution in [0.3, 0.4) is 0 Å². The molecule has 0 spiro atoms. The van der Waals surface area contributed by atoms with E-state index in [1.165, 1.54) is 4.31 Å². The van der Waals surface area contributed by atoms with Crippen LogP contribution in [0, 0.1) is 18.3 Å². The van der Waals surface area contributed by atoms with Gasteiger partial charge in [-0.2, -0.15) is 5.26 Å². The number of hydrogen-bond donors (Lipinski definition) is 3. The van der Waals surface area contributed by atoms with Crippen LogP contribution in [-0.2, 0) is 10.0 Å². The maximum absolute atomic E-state index is 12.9. The molecule has 0 unspecified atom stereocenters. The van der Waals surface area contributed by atoms with Crippen molar-refractivity contribution in [3.05, 3.63) is 60.0 Å². The Balaban J connectivity index is 1.54. The number of imidazole rings is 1. The molecule has 1 saturated carbocycles. The van der Waals surface area contributed by atoms with E-state index in [9.17, 15) is 8.42 Å². The molecule has 1 aromatic carbocycles. The van der Waals surface area contributed by atoms with Gasteiger partial charge in [0.2, 0.25) is 10.0 Å². The molecule has 0 radical (unpaired) electrons. The molecule has 4 aromatic rings. The fraction of sp³-hybridized carbons (Fsp3) is 0.217.